The van der Waals surface area contributed by atoms with E-state index in [-0.39, 0.29) is 6.09 Å². The fourth-order valence-electron chi connectivity index (χ4n) is 2.83. The van der Waals surface area contributed by atoms with Crippen LogP contribution in [-0.4, -0.2) is 42.4 Å². The number of piperidine rings is 1. The van der Waals surface area contributed by atoms with Gasteiger partial charge in [-0.1, -0.05) is 13.3 Å². The molecular formula is C13H23NO3. The number of unbranched alkanes of at least 4 members (excludes halogenated alkanes) is 1. The van der Waals surface area contributed by atoms with E-state index in [4.69, 9.17) is 9.84 Å². The van der Waals surface area contributed by atoms with Gasteiger partial charge in [-0.05, 0) is 37.0 Å². The van der Waals surface area contributed by atoms with Gasteiger partial charge in [0.05, 0.1) is 6.61 Å². The van der Waals surface area contributed by atoms with Crippen molar-refractivity contribution >= 4 is 6.09 Å². The van der Waals surface area contributed by atoms with E-state index in [1.807, 2.05) is 4.90 Å². The molecule has 1 aliphatic carbocycles. The molecule has 2 rings (SSSR count). The Morgan fingerprint density at radius 3 is 2.71 bits per heavy atom. The summed E-state index contributed by atoms with van der Waals surface area (Å²) in [6.45, 7) is 4.51. The molecule has 1 saturated carbocycles. The summed E-state index contributed by atoms with van der Waals surface area (Å²) in [7, 11) is 0. The van der Waals surface area contributed by atoms with Gasteiger partial charge in [-0.3, -0.25) is 0 Å². The van der Waals surface area contributed by atoms with E-state index >= 15 is 0 Å². The molecule has 17 heavy (non-hydrogen) atoms. The Bertz CT molecular complexity index is 272. The Kier molecular flexibility index (Phi) is 3.92. The van der Waals surface area contributed by atoms with Crippen LogP contribution < -0.4 is 0 Å². The van der Waals surface area contributed by atoms with Gasteiger partial charge in [-0.25, -0.2) is 4.79 Å². The molecule has 0 bridgehead atoms. The topological polar surface area (TPSA) is 49.8 Å². The van der Waals surface area contributed by atoms with E-state index in [0.717, 1.165) is 45.2 Å². The van der Waals surface area contributed by atoms with E-state index in [2.05, 4.69) is 6.92 Å². The van der Waals surface area contributed by atoms with Gasteiger partial charge in [-0.15, -0.1) is 0 Å². The third-order valence-electron chi connectivity index (χ3n) is 4.32. The SMILES string of the molecule is CCCCOC(=O)N1CCC2(CC1)C[C@H]2CO. The molecule has 1 aliphatic heterocycles. The number of hydrogen-bond donors (Lipinski definition) is 1. The lowest BCUT2D eigenvalue weighted by Crippen LogP contribution is -2.40. The van der Waals surface area contributed by atoms with Crippen molar-refractivity contribution in [3.63, 3.8) is 0 Å². The largest absolute Gasteiger partial charge is 0.449 e. The number of amides is 1. The number of carbonyl (C=O) groups is 1. The molecule has 1 saturated heterocycles. The Morgan fingerprint density at radius 2 is 2.18 bits per heavy atom. The predicted molar refractivity (Wildman–Crippen MR) is 64.7 cm³/mol. The molecule has 0 aromatic carbocycles. The fourth-order valence-corrected chi connectivity index (χ4v) is 2.83. The standard InChI is InChI=1S/C13H23NO3/c1-2-3-8-17-12(16)14-6-4-13(5-7-14)9-11(13)10-15/h11,15H,2-10H2,1H3/t11-/m0/s1. The minimum absolute atomic E-state index is 0.158. The Morgan fingerprint density at radius 1 is 1.47 bits per heavy atom. The zero-order valence-corrected chi connectivity index (χ0v) is 10.7. The van der Waals surface area contributed by atoms with Crippen LogP contribution in [0.3, 0.4) is 0 Å². The first-order valence-electron chi connectivity index (χ1n) is 6.74. The average molecular weight is 241 g/mol. The fraction of sp³-hybridized carbons (Fsp3) is 0.923. The number of carbonyl (C=O) groups excluding carboxylic acids is 1. The van der Waals surface area contributed by atoms with Crippen LogP contribution in [-0.2, 0) is 4.74 Å². The third-order valence-corrected chi connectivity index (χ3v) is 4.32. The summed E-state index contributed by atoms with van der Waals surface area (Å²) in [5.74, 6) is 0.487. The smallest absolute Gasteiger partial charge is 0.409 e. The van der Waals surface area contributed by atoms with Crippen LogP contribution >= 0.6 is 0 Å². The van der Waals surface area contributed by atoms with Crippen molar-refractivity contribution in [1.29, 1.82) is 0 Å². The molecule has 98 valence electrons. The molecule has 1 heterocycles. The minimum atomic E-state index is -0.158. The summed E-state index contributed by atoms with van der Waals surface area (Å²) in [6, 6.07) is 0. The highest BCUT2D eigenvalue weighted by Gasteiger charge is 2.54. The number of ether oxygens (including phenoxy) is 1. The van der Waals surface area contributed by atoms with Crippen molar-refractivity contribution in [3.8, 4) is 0 Å². The monoisotopic (exact) mass is 241 g/mol. The molecular weight excluding hydrogens is 218 g/mol. The molecule has 0 aromatic rings. The van der Waals surface area contributed by atoms with Gasteiger partial charge in [0.1, 0.15) is 0 Å². The van der Waals surface area contributed by atoms with E-state index in [1.165, 1.54) is 0 Å². The zero-order valence-electron chi connectivity index (χ0n) is 10.7. The summed E-state index contributed by atoms with van der Waals surface area (Å²) in [4.78, 5) is 13.5. The van der Waals surface area contributed by atoms with Crippen molar-refractivity contribution < 1.29 is 14.6 Å². The first-order chi connectivity index (χ1) is 8.22. The molecule has 0 unspecified atom stereocenters. The predicted octanol–water partition coefficient (Wildman–Crippen LogP) is 2.02. The number of aliphatic hydroxyl groups is 1. The van der Waals surface area contributed by atoms with Crippen LogP contribution in [0.1, 0.15) is 39.0 Å². The second-order valence-corrected chi connectivity index (χ2v) is 5.40. The Hall–Kier alpha value is -0.770. The second-order valence-electron chi connectivity index (χ2n) is 5.40. The van der Waals surface area contributed by atoms with E-state index in [9.17, 15) is 4.79 Å². The lowest BCUT2D eigenvalue weighted by molar-refractivity contribution is 0.0802. The second kappa shape index (κ2) is 5.25. The van der Waals surface area contributed by atoms with Gasteiger partial charge in [0.2, 0.25) is 0 Å². The summed E-state index contributed by atoms with van der Waals surface area (Å²) < 4.78 is 5.20. The average Bonchev–Trinajstić information content (AvgIpc) is 3.03. The molecule has 1 spiro atoms. The maximum Gasteiger partial charge on any atom is 0.409 e. The summed E-state index contributed by atoms with van der Waals surface area (Å²) in [6.07, 6.45) is 5.03. The molecule has 4 heteroatoms. The van der Waals surface area contributed by atoms with Crippen LogP contribution in [0.2, 0.25) is 0 Å². The van der Waals surface area contributed by atoms with Crippen LogP contribution in [0.5, 0.6) is 0 Å². The number of rotatable bonds is 4. The molecule has 1 N–H and O–H groups in total. The van der Waals surface area contributed by atoms with Crippen molar-refractivity contribution in [2.24, 2.45) is 11.3 Å². The minimum Gasteiger partial charge on any atom is -0.449 e. The third kappa shape index (κ3) is 2.73. The van der Waals surface area contributed by atoms with Crippen molar-refractivity contribution in [1.82, 2.24) is 4.90 Å². The van der Waals surface area contributed by atoms with Crippen LogP contribution in [0, 0.1) is 11.3 Å². The number of likely N-dealkylation sites (tertiary alicyclic amines) is 1. The molecule has 4 nitrogen and oxygen atoms in total. The lowest BCUT2D eigenvalue weighted by atomic mass is 9.91. The molecule has 0 radical (unpaired) electrons. The highest BCUT2D eigenvalue weighted by molar-refractivity contribution is 5.67. The van der Waals surface area contributed by atoms with Gasteiger partial charge < -0.3 is 14.7 Å². The highest BCUT2D eigenvalue weighted by Crippen LogP contribution is 2.58. The Labute approximate surface area is 103 Å². The van der Waals surface area contributed by atoms with Gasteiger partial charge in [0.25, 0.3) is 0 Å². The van der Waals surface area contributed by atoms with Crippen LogP contribution in [0.15, 0.2) is 0 Å². The quantitative estimate of drug-likeness (QED) is 0.766. The lowest BCUT2D eigenvalue weighted by Gasteiger charge is -2.32. The van der Waals surface area contributed by atoms with Gasteiger partial charge in [0, 0.05) is 19.7 Å². The van der Waals surface area contributed by atoms with Gasteiger partial charge in [-0.2, -0.15) is 0 Å². The number of nitrogens with zero attached hydrogens (tertiary/aromatic N) is 1. The van der Waals surface area contributed by atoms with Crippen molar-refractivity contribution in [3.05, 3.63) is 0 Å². The van der Waals surface area contributed by atoms with Crippen LogP contribution in [0.4, 0.5) is 4.79 Å². The number of aliphatic hydroxyl groups excluding tert-OH is 1. The maximum absolute atomic E-state index is 11.7. The summed E-state index contributed by atoms with van der Waals surface area (Å²) >= 11 is 0. The van der Waals surface area contributed by atoms with Crippen molar-refractivity contribution in [2.75, 3.05) is 26.3 Å². The summed E-state index contributed by atoms with van der Waals surface area (Å²) in [5.41, 5.74) is 0.356. The normalized spacial score (nSPS) is 26.0. The first kappa shape index (κ1) is 12.7. The van der Waals surface area contributed by atoms with Crippen LogP contribution in [0.25, 0.3) is 0 Å². The molecule has 2 aliphatic rings. The van der Waals surface area contributed by atoms with Gasteiger partial charge >= 0.3 is 6.09 Å². The molecule has 1 amide bonds. The van der Waals surface area contributed by atoms with E-state index < -0.39 is 0 Å². The Balaban J connectivity index is 1.70. The van der Waals surface area contributed by atoms with E-state index in [0.29, 0.717) is 24.5 Å². The molecule has 2 fully saturated rings. The number of hydrogen-bond acceptors (Lipinski definition) is 3. The first-order valence-corrected chi connectivity index (χ1v) is 6.74. The molecule has 1 atom stereocenters. The highest BCUT2D eigenvalue weighted by atomic mass is 16.6. The van der Waals surface area contributed by atoms with Crippen molar-refractivity contribution in [2.45, 2.75) is 39.0 Å². The zero-order chi connectivity index (χ0) is 12.3. The van der Waals surface area contributed by atoms with Gasteiger partial charge in [0.15, 0.2) is 0 Å². The maximum atomic E-state index is 11.7. The summed E-state index contributed by atoms with van der Waals surface area (Å²) in [5, 5.41) is 9.14. The molecule has 0 aromatic heterocycles. The van der Waals surface area contributed by atoms with E-state index in [1.54, 1.807) is 0 Å².